The summed E-state index contributed by atoms with van der Waals surface area (Å²) in [6.45, 7) is 1.16. The predicted octanol–water partition coefficient (Wildman–Crippen LogP) is 0.411. The Bertz CT molecular complexity index is 388. The monoisotopic (exact) mass is 236 g/mol. The van der Waals surface area contributed by atoms with Crippen LogP contribution in [0.15, 0.2) is 12.3 Å². The van der Waals surface area contributed by atoms with Gasteiger partial charge in [-0.1, -0.05) is 6.42 Å². The molecule has 1 saturated carbocycles. The lowest BCUT2D eigenvalue weighted by Gasteiger charge is -2.17. The van der Waals surface area contributed by atoms with E-state index in [0.717, 1.165) is 25.0 Å². The van der Waals surface area contributed by atoms with Crippen molar-refractivity contribution in [3.8, 4) is 0 Å². The molecule has 1 aromatic rings. The Labute approximate surface area is 101 Å². The van der Waals surface area contributed by atoms with E-state index in [4.69, 9.17) is 5.73 Å². The van der Waals surface area contributed by atoms with Crippen molar-refractivity contribution >= 4 is 5.91 Å². The number of carbonyl (C=O) groups excluding carboxylic acids is 1. The molecule has 0 radical (unpaired) electrons. The average molecular weight is 236 g/mol. The van der Waals surface area contributed by atoms with Gasteiger partial charge in [0, 0.05) is 19.2 Å². The fourth-order valence-corrected chi connectivity index (χ4v) is 2.55. The lowest BCUT2D eigenvalue weighted by molar-refractivity contribution is -0.126. The molecule has 0 bridgehead atoms. The second-order valence-electron chi connectivity index (χ2n) is 4.70. The molecular formula is C12H20N4O. The summed E-state index contributed by atoms with van der Waals surface area (Å²) >= 11 is 0. The first-order valence-corrected chi connectivity index (χ1v) is 6.17. The molecule has 2 atom stereocenters. The van der Waals surface area contributed by atoms with Crippen molar-refractivity contribution in [2.75, 3.05) is 6.54 Å². The minimum Gasteiger partial charge on any atom is -0.350 e. The summed E-state index contributed by atoms with van der Waals surface area (Å²) in [5.41, 5.74) is 6.70. The van der Waals surface area contributed by atoms with E-state index in [2.05, 4.69) is 10.4 Å². The van der Waals surface area contributed by atoms with Crippen molar-refractivity contribution in [1.29, 1.82) is 0 Å². The molecule has 1 heterocycles. The van der Waals surface area contributed by atoms with Crippen LogP contribution in [0.1, 0.15) is 25.0 Å². The Morgan fingerprint density at radius 1 is 1.65 bits per heavy atom. The highest BCUT2D eigenvalue weighted by Crippen LogP contribution is 2.30. The quantitative estimate of drug-likeness (QED) is 0.795. The standard InChI is InChI=1S/C12H20N4O/c1-16-10(5-6-15-16)8-14-12(17)11-4-2-3-9(11)7-13/h5-6,9,11H,2-4,7-8,13H2,1H3,(H,14,17)/t9-,11-/m1/s1. The molecule has 5 heteroatoms. The minimum absolute atomic E-state index is 0.105. The van der Waals surface area contributed by atoms with Crippen molar-refractivity contribution in [2.45, 2.75) is 25.8 Å². The van der Waals surface area contributed by atoms with Crippen LogP contribution in [0.4, 0.5) is 0 Å². The molecule has 2 rings (SSSR count). The molecule has 0 aliphatic heterocycles. The molecule has 0 saturated heterocycles. The van der Waals surface area contributed by atoms with Crippen molar-refractivity contribution in [2.24, 2.45) is 24.6 Å². The summed E-state index contributed by atoms with van der Waals surface area (Å²) in [5, 5.41) is 7.05. The van der Waals surface area contributed by atoms with E-state index < -0.39 is 0 Å². The number of nitrogens with two attached hydrogens (primary N) is 1. The number of aryl methyl sites for hydroxylation is 1. The van der Waals surface area contributed by atoms with Crippen LogP contribution in [0.2, 0.25) is 0 Å². The van der Waals surface area contributed by atoms with Gasteiger partial charge in [-0.15, -0.1) is 0 Å². The van der Waals surface area contributed by atoms with Gasteiger partial charge in [0.2, 0.25) is 5.91 Å². The van der Waals surface area contributed by atoms with Gasteiger partial charge in [-0.2, -0.15) is 5.10 Å². The summed E-state index contributed by atoms with van der Waals surface area (Å²) in [4.78, 5) is 12.0. The second kappa shape index (κ2) is 5.31. The maximum absolute atomic E-state index is 12.0. The fraction of sp³-hybridized carbons (Fsp3) is 0.667. The Hall–Kier alpha value is -1.36. The van der Waals surface area contributed by atoms with Crippen molar-refractivity contribution < 1.29 is 4.79 Å². The Morgan fingerprint density at radius 2 is 2.47 bits per heavy atom. The lowest BCUT2D eigenvalue weighted by Crippen LogP contribution is -2.35. The van der Waals surface area contributed by atoms with E-state index in [0.29, 0.717) is 19.0 Å². The van der Waals surface area contributed by atoms with Crippen LogP contribution < -0.4 is 11.1 Å². The third-order valence-corrected chi connectivity index (χ3v) is 3.66. The number of carbonyl (C=O) groups is 1. The summed E-state index contributed by atoms with van der Waals surface area (Å²) in [5.74, 6) is 0.605. The number of amides is 1. The summed E-state index contributed by atoms with van der Waals surface area (Å²) in [6.07, 6.45) is 4.91. The number of rotatable bonds is 4. The maximum atomic E-state index is 12.0. The molecule has 0 unspecified atom stereocenters. The first kappa shape index (κ1) is 12.1. The fourth-order valence-electron chi connectivity index (χ4n) is 2.55. The summed E-state index contributed by atoms with van der Waals surface area (Å²) in [6, 6.07) is 1.91. The van der Waals surface area contributed by atoms with Gasteiger partial charge in [-0.25, -0.2) is 0 Å². The van der Waals surface area contributed by atoms with Gasteiger partial charge in [-0.05, 0) is 31.4 Å². The molecule has 0 spiro atoms. The molecule has 17 heavy (non-hydrogen) atoms. The Morgan fingerprint density at radius 3 is 3.12 bits per heavy atom. The van der Waals surface area contributed by atoms with E-state index in [9.17, 15) is 4.79 Å². The van der Waals surface area contributed by atoms with Crippen LogP contribution in [-0.4, -0.2) is 22.2 Å². The zero-order chi connectivity index (χ0) is 12.3. The molecule has 1 fully saturated rings. The van der Waals surface area contributed by atoms with Gasteiger partial charge in [-0.3, -0.25) is 9.48 Å². The van der Waals surface area contributed by atoms with E-state index in [1.807, 2.05) is 13.1 Å². The van der Waals surface area contributed by atoms with Gasteiger partial charge < -0.3 is 11.1 Å². The minimum atomic E-state index is 0.105. The Kier molecular flexibility index (Phi) is 3.78. The Balaban J connectivity index is 1.87. The number of hydrogen-bond donors (Lipinski definition) is 2. The topological polar surface area (TPSA) is 72.9 Å². The highest BCUT2D eigenvalue weighted by Gasteiger charge is 2.31. The van der Waals surface area contributed by atoms with Crippen molar-refractivity contribution in [3.05, 3.63) is 18.0 Å². The zero-order valence-electron chi connectivity index (χ0n) is 10.2. The smallest absolute Gasteiger partial charge is 0.223 e. The molecule has 5 nitrogen and oxygen atoms in total. The SMILES string of the molecule is Cn1nccc1CNC(=O)[C@@H]1CCC[C@@H]1CN. The highest BCUT2D eigenvalue weighted by atomic mass is 16.1. The van der Waals surface area contributed by atoms with Crippen LogP contribution in [0.5, 0.6) is 0 Å². The van der Waals surface area contributed by atoms with Gasteiger partial charge in [0.05, 0.1) is 12.2 Å². The van der Waals surface area contributed by atoms with E-state index in [1.165, 1.54) is 0 Å². The van der Waals surface area contributed by atoms with E-state index in [-0.39, 0.29) is 11.8 Å². The molecular weight excluding hydrogens is 216 g/mol. The van der Waals surface area contributed by atoms with Gasteiger partial charge in [0.25, 0.3) is 0 Å². The largest absolute Gasteiger partial charge is 0.350 e. The van der Waals surface area contributed by atoms with Crippen LogP contribution in [0.3, 0.4) is 0 Å². The first-order chi connectivity index (χ1) is 8.22. The molecule has 1 aliphatic rings. The predicted molar refractivity (Wildman–Crippen MR) is 64.9 cm³/mol. The van der Waals surface area contributed by atoms with E-state index >= 15 is 0 Å². The zero-order valence-corrected chi connectivity index (χ0v) is 10.2. The number of hydrogen-bond acceptors (Lipinski definition) is 3. The van der Waals surface area contributed by atoms with Crippen LogP contribution in [0, 0.1) is 11.8 Å². The number of nitrogens with one attached hydrogen (secondary N) is 1. The number of nitrogens with zero attached hydrogens (tertiary/aromatic N) is 2. The highest BCUT2D eigenvalue weighted by molar-refractivity contribution is 5.79. The summed E-state index contributed by atoms with van der Waals surface area (Å²) < 4.78 is 1.77. The third kappa shape index (κ3) is 2.66. The van der Waals surface area contributed by atoms with Gasteiger partial charge in [0.15, 0.2) is 0 Å². The molecule has 1 amide bonds. The molecule has 3 N–H and O–H groups in total. The molecule has 1 aliphatic carbocycles. The van der Waals surface area contributed by atoms with Crippen LogP contribution in [0.25, 0.3) is 0 Å². The number of aromatic nitrogens is 2. The maximum Gasteiger partial charge on any atom is 0.223 e. The second-order valence-corrected chi connectivity index (χ2v) is 4.70. The molecule has 1 aromatic heterocycles. The van der Waals surface area contributed by atoms with Crippen molar-refractivity contribution in [3.63, 3.8) is 0 Å². The van der Waals surface area contributed by atoms with E-state index in [1.54, 1.807) is 10.9 Å². The van der Waals surface area contributed by atoms with Gasteiger partial charge >= 0.3 is 0 Å². The molecule has 94 valence electrons. The van der Waals surface area contributed by atoms with Crippen LogP contribution >= 0.6 is 0 Å². The third-order valence-electron chi connectivity index (χ3n) is 3.66. The lowest BCUT2D eigenvalue weighted by atomic mass is 9.95. The molecule has 0 aromatic carbocycles. The van der Waals surface area contributed by atoms with Gasteiger partial charge in [0.1, 0.15) is 0 Å². The van der Waals surface area contributed by atoms with Crippen molar-refractivity contribution in [1.82, 2.24) is 15.1 Å². The summed E-state index contributed by atoms with van der Waals surface area (Å²) in [7, 11) is 1.87. The van der Waals surface area contributed by atoms with Crippen LogP contribution in [-0.2, 0) is 18.4 Å². The average Bonchev–Trinajstić information content (AvgIpc) is 2.94. The normalized spacial score (nSPS) is 23.9. The first-order valence-electron chi connectivity index (χ1n) is 6.17.